The number of aromatic nitrogens is 2. The Hall–Kier alpha value is -3.57. The molecule has 6 rings (SSSR count). The van der Waals surface area contributed by atoms with Crippen LogP contribution in [-0.2, 0) is 20.2 Å². The number of benzene rings is 1. The van der Waals surface area contributed by atoms with E-state index in [9.17, 15) is 14.4 Å². The molecule has 1 N–H and O–H groups in total. The summed E-state index contributed by atoms with van der Waals surface area (Å²) in [6.07, 6.45) is 4.18. The minimum atomic E-state index is -3.35. The predicted molar refractivity (Wildman–Crippen MR) is 165 cm³/mol. The van der Waals surface area contributed by atoms with Gasteiger partial charge in [-0.05, 0) is 62.5 Å². The normalized spacial score (nSPS) is 31.3. The molecule has 3 heterocycles. The van der Waals surface area contributed by atoms with Crippen LogP contribution in [0.1, 0.15) is 90.7 Å². The average Bonchev–Trinajstić information content (AvgIpc) is 3.67. The van der Waals surface area contributed by atoms with Crippen molar-refractivity contribution in [2.45, 2.75) is 115 Å². The van der Waals surface area contributed by atoms with Gasteiger partial charge in [0.05, 0.1) is 30.7 Å². The Kier molecular flexibility index (Phi) is 8.84. The molecule has 2 aromatic rings. The van der Waals surface area contributed by atoms with Gasteiger partial charge in [-0.3, -0.25) is 9.59 Å². The second-order valence-corrected chi connectivity index (χ2v) is 14.0. The molecule has 12 heteroatoms. The molecule has 0 spiro atoms. The van der Waals surface area contributed by atoms with Crippen molar-refractivity contribution < 1.29 is 37.4 Å². The quantitative estimate of drug-likeness (QED) is 0.437. The first-order chi connectivity index (χ1) is 21.9. The number of methoxy groups -OCH3 is 1. The summed E-state index contributed by atoms with van der Waals surface area (Å²) >= 11 is 0. The lowest BCUT2D eigenvalue weighted by Gasteiger charge is -2.42. The van der Waals surface area contributed by atoms with Crippen molar-refractivity contribution in [3.63, 3.8) is 0 Å². The molecular formula is C34H44F2N4O6. The van der Waals surface area contributed by atoms with Crippen LogP contribution in [0.5, 0.6) is 11.6 Å². The highest BCUT2D eigenvalue weighted by Gasteiger charge is 2.52. The second-order valence-electron chi connectivity index (χ2n) is 14.0. The van der Waals surface area contributed by atoms with Gasteiger partial charge in [-0.15, -0.1) is 0 Å². The number of hydrogen-bond acceptors (Lipinski definition) is 8. The van der Waals surface area contributed by atoms with E-state index < -0.39 is 59.6 Å². The third-order valence-electron chi connectivity index (χ3n) is 10.6. The maximum absolute atomic E-state index is 16.0. The van der Waals surface area contributed by atoms with Crippen molar-refractivity contribution in [1.29, 1.82) is 0 Å². The fraction of sp³-hybridized carbons (Fsp3) is 0.676. The number of Topliss-reactive ketones (excluding diaryl/α,β-unsaturated/α-hetero) is 1. The number of ketones is 1. The molecule has 4 aliphatic rings. The topological polar surface area (TPSA) is 120 Å². The van der Waals surface area contributed by atoms with Gasteiger partial charge < -0.3 is 24.4 Å². The van der Waals surface area contributed by atoms with Crippen LogP contribution in [0.2, 0.25) is 0 Å². The Bertz CT molecular complexity index is 1500. The van der Waals surface area contributed by atoms with Crippen molar-refractivity contribution in [3.8, 4) is 11.6 Å². The summed E-state index contributed by atoms with van der Waals surface area (Å²) in [5.74, 6) is -4.29. The zero-order valence-corrected chi connectivity index (χ0v) is 27.0. The Morgan fingerprint density at radius 1 is 1.02 bits per heavy atom. The van der Waals surface area contributed by atoms with Crippen LogP contribution < -0.4 is 14.8 Å². The van der Waals surface area contributed by atoms with E-state index >= 15 is 8.78 Å². The lowest BCUT2D eigenvalue weighted by atomic mass is 9.70. The molecule has 2 aliphatic carbocycles. The van der Waals surface area contributed by atoms with E-state index in [-0.39, 0.29) is 42.2 Å². The summed E-state index contributed by atoms with van der Waals surface area (Å²) in [4.78, 5) is 51.1. The van der Waals surface area contributed by atoms with Crippen LogP contribution in [0, 0.1) is 17.3 Å². The van der Waals surface area contributed by atoms with E-state index in [0.29, 0.717) is 30.5 Å². The molecule has 2 bridgehead atoms. The van der Waals surface area contributed by atoms with Crippen molar-refractivity contribution in [1.82, 2.24) is 20.2 Å². The van der Waals surface area contributed by atoms with E-state index in [1.165, 1.54) is 18.9 Å². The number of alkyl carbamates (subject to hydrolysis) is 1. The van der Waals surface area contributed by atoms with Gasteiger partial charge in [-0.2, -0.15) is 8.78 Å². The van der Waals surface area contributed by atoms with Gasteiger partial charge in [0.2, 0.25) is 11.8 Å². The minimum absolute atomic E-state index is 0.0406. The molecule has 2 amide bonds. The third kappa shape index (κ3) is 6.36. The highest BCUT2D eigenvalue weighted by Crippen LogP contribution is 2.44. The molecule has 2 saturated carbocycles. The number of rotatable bonds is 3. The molecule has 250 valence electrons. The Morgan fingerprint density at radius 2 is 1.76 bits per heavy atom. The van der Waals surface area contributed by atoms with Gasteiger partial charge in [0.25, 0.3) is 5.92 Å². The first-order valence-corrected chi connectivity index (χ1v) is 16.6. The number of carbonyl (C=O) groups excluding carboxylic acids is 3. The molecular weight excluding hydrogens is 598 g/mol. The number of nitrogens with zero attached hydrogens (tertiary/aromatic N) is 3. The summed E-state index contributed by atoms with van der Waals surface area (Å²) in [7, 11) is 1.50. The lowest BCUT2D eigenvalue weighted by molar-refractivity contribution is -0.142. The summed E-state index contributed by atoms with van der Waals surface area (Å²) in [5.41, 5.74) is -0.500. The van der Waals surface area contributed by atoms with Crippen molar-refractivity contribution in [2.75, 3.05) is 13.7 Å². The first-order valence-electron chi connectivity index (χ1n) is 16.6. The third-order valence-corrected chi connectivity index (χ3v) is 10.6. The molecule has 10 nitrogen and oxygen atoms in total. The number of nitrogens with one attached hydrogen (secondary N) is 1. The fourth-order valence-corrected chi connectivity index (χ4v) is 7.71. The van der Waals surface area contributed by atoms with Crippen molar-refractivity contribution in [2.24, 2.45) is 17.3 Å². The molecule has 46 heavy (non-hydrogen) atoms. The maximum atomic E-state index is 16.0. The molecule has 0 radical (unpaired) electrons. The Morgan fingerprint density at radius 3 is 2.48 bits per heavy atom. The van der Waals surface area contributed by atoms with Crippen LogP contribution >= 0.6 is 0 Å². The van der Waals surface area contributed by atoms with Crippen LogP contribution in [0.3, 0.4) is 0 Å². The van der Waals surface area contributed by atoms with Crippen molar-refractivity contribution >= 4 is 28.8 Å². The molecule has 2 aliphatic heterocycles. The summed E-state index contributed by atoms with van der Waals surface area (Å²) in [6.45, 7) is 5.15. The van der Waals surface area contributed by atoms with E-state index in [1.54, 1.807) is 25.1 Å². The summed E-state index contributed by atoms with van der Waals surface area (Å²) < 4.78 is 49.2. The van der Waals surface area contributed by atoms with Crippen LogP contribution in [0.4, 0.5) is 13.6 Å². The van der Waals surface area contributed by atoms with Crippen molar-refractivity contribution in [3.05, 3.63) is 23.9 Å². The van der Waals surface area contributed by atoms with Gasteiger partial charge in [0.15, 0.2) is 11.5 Å². The number of hydrogen-bond donors (Lipinski definition) is 1. The largest absolute Gasteiger partial charge is 0.497 e. The summed E-state index contributed by atoms with van der Waals surface area (Å²) in [6, 6.07) is 3.03. The lowest BCUT2D eigenvalue weighted by Crippen LogP contribution is -2.59. The second kappa shape index (κ2) is 12.6. The molecule has 1 aromatic carbocycles. The number of halogens is 2. The smallest absolute Gasteiger partial charge is 0.408 e. The molecule has 6 atom stereocenters. The predicted octanol–water partition coefficient (Wildman–Crippen LogP) is 5.94. The minimum Gasteiger partial charge on any atom is -0.497 e. The van der Waals surface area contributed by atoms with Gasteiger partial charge in [0, 0.05) is 18.4 Å². The SMILES string of the molecule is COc1ccc2nc3c(nc2c1)O[C@H]1CN(C(=O)[C@H](C2(C)CCCCC2)NC(=O)O[C@@H]2C[C@H]2CCCCC3(F)F)[C@H](C(C)=O)[C@@H]1C. The zero-order chi connectivity index (χ0) is 32.8. The van der Waals surface area contributed by atoms with Crippen LogP contribution in [0.15, 0.2) is 18.2 Å². The monoisotopic (exact) mass is 642 g/mol. The number of amides is 2. The molecule has 1 aromatic heterocycles. The fourth-order valence-electron chi connectivity index (χ4n) is 7.71. The van der Waals surface area contributed by atoms with E-state index in [0.717, 1.165) is 32.1 Å². The standard InChI is InChI=1S/C34H44F2N4O6/c1-19-26-18-40(27(19)20(2)41)31(42)29(33(3)13-7-5-8-14-33)39-32(43)46-25-16-21(25)10-6-9-15-34(35,36)28-30(45-26)38-24-17-22(44-4)11-12-23(24)37-28/h11-12,17,19,21,25-27,29H,5-10,13-16,18H2,1-4H3,(H,39,43)/t19-,21-,25-,26+,27+,29-/m1/s1. The van der Waals surface area contributed by atoms with Gasteiger partial charge in [-0.1, -0.05) is 39.5 Å². The van der Waals surface area contributed by atoms with Crippen LogP contribution in [-0.4, -0.2) is 70.6 Å². The zero-order valence-electron chi connectivity index (χ0n) is 27.0. The van der Waals surface area contributed by atoms with Crippen LogP contribution in [0.25, 0.3) is 11.0 Å². The van der Waals surface area contributed by atoms with E-state index in [2.05, 4.69) is 15.3 Å². The maximum Gasteiger partial charge on any atom is 0.408 e. The average molecular weight is 643 g/mol. The van der Waals surface area contributed by atoms with Gasteiger partial charge >= 0.3 is 6.09 Å². The van der Waals surface area contributed by atoms with Gasteiger partial charge in [-0.25, -0.2) is 14.8 Å². The Labute approximate surface area is 267 Å². The number of carbonyl (C=O) groups is 3. The number of ether oxygens (including phenoxy) is 3. The highest BCUT2D eigenvalue weighted by atomic mass is 19.3. The molecule has 1 saturated heterocycles. The van der Waals surface area contributed by atoms with E-state index in [4.69, 9.17) is 14.2 Å². The number of alkyl halides is 2. The van der Waals surface area contributed by atoms with Gasteiger partial charge in [0.1, 0.15) is 24.0 Å². The highest BCUT2D eigenvalue weighted by molar-refractivity contribution is 5.92. The summed E-state index contributed by atoms with van der Waals surface area (Å²) in [5, 5.41) is 2.91. The number of fused-ring (bicyclic) bond motifs is 5. The Balaban J connectivity index is 1.40. The first kappa shape index (κ1) is 32.4. The van der Waals surface area contributed by atoms with E-state index in [1.807, 2.05) is 6.92 Å². The molecule has 0 unspecified atom stereocenters. The molecule has 3 fully saturated rings.